The molecule has 1 aliphatic rings. The molecule has 104 valence electrons. The van der Waals surface area contributed by atoms with Gasteiger partial charge in [0, 0.05) is 12.1 Å². The normalized spacial score (nSPS) is 17.9. The van der Waals surface area contributed by atoms with Crippen LogP contribution in [0.4, 0.5) is 10.5 Å². The molecule has 0 unspecified atom stereocenters. The third kappa shape index (κ3) is 3.53. The van der Waals surface area contributed by atoms with Crippen LogP contribution in [0.25, 0.3) is 0 Å². The van der Waals surface area contributed by atoms with E-state index in [9.17, 15) is 9.59 Å². The zero-order valence-electron chi connectivity index (χ0n) is 11.8. The van der Waals surface area contributed by atoms with Crippen LogP contribution < -0.4 is 16.1 Å². The average Bonchev–Trinajstić information content (AvgIpc) is 2.28. The number of amides is 2. The van der Waals surface area contributed by atoms with Gasteiger partial charge >= 0.3 is 6.09 Å². The van der Waals surface area contributed by atoms with Crippen LogP contribution in [0.2, 0.25) is 0 Å². The molecule has 0 aromatic heterocycles. The summed E-state index contributed by atoms with van der Waals surface area (Å²) in [6, 6.07) is 4.62. The molecule has 0 fully saturated rings. The van der Waals surface area contributed by atoms with E-state index >= 15 is 0 Å². The molecule has 0 bridgehead atoms. The van der Waals surface area contributed by atoms with E-state index in [2.05, 4.69) is 10.6 Å². The first-order valence-electron chi connectivity index (χ1n) is 6.43. The maximum absolute atomic E-state index is 11.9. The van der Waals surface area contributed by atoms with Crippen molar-refractivity contribution in [2.45, 2.75) is 38.8 Å². The van der Waals surface area contributed by atoms with Crippen LogP contribution in [0.5, 0.6) is 0 Å². The van der Waals surface area contributed by atoms with Crippen molar-refractivity contribution >= 4 is 31.0 Å². The van der Waals surface area contributed by atoms with Crippen molar-refractivity contribution in [2.75, 3.05) is 5.32 Å². The maximum Gasteiger partial charge on any atom is 0.408 e. The Kier molecular flexibility index (Phi) is 3.75. The molecule has 0 aliphatic carbocycles. The van der Waals surface area contributed by atoms with Crippen LogP contribution in [0, 0.1) is 0 Å². The molecule has 1 heterocycles. The lowest BCUT2D eigenvalue weighted by molar-refractivity contribution is -0.118. The molecular weight excluding hydrogens is 255 g/mol. The zero-order chi connectivity index (χ0) is 14.9. The van der Waals surface area contributed by atoms with Gasteiger partial charge in [-0.25, -0.2) is 4.79 Å². The fourth-order valence-corrected chi connectivity index (χ4v) is 2.00. The molecule has 0 spiro atoms. The van der Waals surface area contributed by atoms with E-state index in [0.717, 1.165) is 11.3 Å². The van der Waals surface area contributed by atoms with Gasteiger partial charge in [0.25, 0.3) is 0 Å². The Morgan fingerprint density at radius 1 is 1.45 bits per heavy atom. The van der Waals surface area contributed by atoms with Crippen LogP contribution in [0.3, 0.4) is 0 Å². The molecule has 2 rings (SSSR count). The summed E-state index contributed by atoms with van der Waals surface area (Å²) in [5.41, 5.74) is 1.64. The van der Waals surface area contributed by atoms with Crippen molar-refractivity contribution in [3.8, 4) is 0 Å². The largest absolute Gasteiger partial charge is 0.444 e. The fourth-order valence-electron chi connectivity index (χ4n) is 2.00. The van der Waals surface area contributed by atoms with Crippen molar-refractivity contribution in [1.82, 2.24) is 5.32 Å². The second-order valence-electron chi connectivity index (χ2n) is 5.81. The van der Waals surface area contributed by atoms with Gasteiger partial charge in [-0.05, 0) is 32.4 Å². The maximum atomic E-state index is 11.9. The minimum absolute atomic E-state index is 0.256. The first kappa shape index (κ1) is 14.4. The highest BCUT2D eigenvalue weighted by atomic mass is 16.6. The van der Waals surface area contributed by atoms with Gasteiger partial charge in [0.1, 0.15) is 19.5 Å². The molecule has 6 heteroatoms. The van der Waals surface area contributed by atoms with Crippen LogP contribution >= 0.6 is 0 Å². The highest BCUT2D eigenvalue weighted by molar-refractivity contribution is 6.32. The number of rotatable bonds is 1. The van der Waals surface area contributed by atoms with Crippen molar-refractivity contribution in [3.05, 3.63) is 23.8 Å². The lowest BCUT2D eigenvalue weighted by atomic mass is 9.90. The van der Waals surface area contributed by atoms with Crippen LogP contribution in [0.15, 0.2) is 18.2 Å². The van der Waals surface area contributed by atoms with E-state index in [0.29, 0.717) is 11.9 Å². The summed E-state index contributed by atoms with van der Waals surface area (Å²) in [6.45, 7) is 5.30. The third-order valence-electron chi connectivity index (χ3n) is 2.82. The second kappa shape index (κ2) is 5.19. The summed E-state index contributed by atoms with van der Waals surface area (Å²) in [6.07, 6.45) is -0.212. The molecule has 0 saturated heterocycles. The van der Waals surface area contributed by atoms with E-state index in [1.165, 1.54) is 0 Å². The highest BCUT2D eigenvalue weighted by Crippen LogP contribution is 2.21. The van der Waals surface area contributed by atoms with E-state index in [4.69, 9.17) is 12.6 Å². The van der Waals surface area contributed by atoms with E-state index in [1.54, 1.807) is 39.0 Å². The standard InChI is InChI=1S/C14H17BN2O3/c1-14(2,3)20-13(19)17-11-7-8-6-9(15)4-5-10(8)16-12(11)18/h4-6,11H,7H2,1-3H3,(H,16,18)(H,17,19)/t11-/m0/s1. The van der Waals surface area contributed by atoms with Gasteiger partial charge in [-0.2, -0.15) is 0 Å². The number of carbonyl (C=O) groups is 2. The summed E-state index contributed by atoms with van der Waals surface area (Å²) in [7, 11) is 5.72. The van der Waals surface area contributed by atoms with Crippen molar-refractivity contribution < 1.29 is 14.3 Å². The SMILES string of the molecule is [B]c1ccc2c(c1)C[C@H](NC(=O)OC(C)(C)C)C(=O)N2. The Morgan fingerprint density at radius 3 is 2.80 bits per heavy atom. The molecule has 2 amide bonds. The Hall–Kier alpha value is -1.98. The van der Waals surface area contributed by atoms with Crippen molar-refractivity contribution in [2.24, 2.45) is 0 Å². The zero-order valence-corrected chi connectivity index (χ0v) is 11.8. The minimum atomic E-state index is -0.654. The molecule has 2 radical (unpaired) electrons. The lowest BCUT2D eigenvalue weighted by Crippen LogP contribution is -2.49. The number of benzene rings is 1. The van der Waals surface area contributed by atoms with Crippen LogP contribution in [-0.4, -0.2) is 31.5 Å². The van der Waals surface area contributed by atoms with Gasteiger partial charge < -0.3 is 15.4 Å². The topological polar surface area (TPSA) is 67.4 Å². The molecule has 5 nitrogen and oxygen atoms in total. The molecule has 1 aromatic rings. The van der Waals surface area contributed by atoms with E-state index < -0.39 is 17.7 Å². The monoisotopic (exact) mass is 272 g/mol. The third-order valence-corrected chi connectivity index (χ3v) is 2.82. The highest BCUT2D eigenvalue weighted by Gasteiger charge is 2.29. The van der Waals surface area contributed by atoms with Crippen LogP contribution in [0.1, 0.15) is 26.3 Å². The van der Waals surface area contributed by atoms with Gasteiger partial charge in [-0.3, -0.25) is 4.79 Å². The number of nitrogens with one attached hydrogen (secondary N) is 2. The Morgan fingerprint density at radius 2 is 2.15 bits per heavy atom. The Bertz CT molecular complexity index is 552. The molecule has 1 aliphatic heterocycles. The number of alkyl carbamates (subject to hydrolysis) is 1. The molecule has 0 saturated carbocycles. The number of ether oxygens (including phenoxy) is 1. The first-order chi connectivity index (χ1) is 9.24. The summed E-state index contributed by atoms with van der Waals surface area (Å²) in [5, 5.41) is 5.31. The van der Waals surface area contributed by atoms with Gasteiger partial charge in [0.05, 0.1) is 0 Å². The minimum Gasteiger partial charge on any atom is -0.444 e. The molecule has 1 aromatic carbocycles. The first-order valence-corrected chi connectivity index (χ1v) is 6.43. The summed E-state index contributed by atoms with van der Waals surface area (Å²) >= 11 is 0. The number of fused-ring (bicyclic) bond motifs is 1. The molecule has 2 N–H and O–H groups in total. The van der Waals surface area contributed by atoms with E-state index in [-0.39, 0.29) is 5.91 Å². The molecular formula is C14H17BN2O3. The number of anilines is 1. The lowest BCUT2D eigenvalue weighted by Gasteiger charge is -2.27. The van der Waals surface area contributed by atoms with Crippen LogP contribution in [-0.2, 0) is 16.0 Å². The van der Waals surface area contributed by atoms with E-state index in [1.807, 2.05) is 0 Å². The smallest absolute Gasteiger partial charge is 0.408 e. The fraction of sp³-hybridized carbons (Fsp3) is 0.429. The molecule has 20 heavy (non-hydrogen) atoms. The Balaban J connectivity index is 2.07. The quantitative estimate of drug-likeness (QED) is 0.745. The van der Waals surface area contributed by atoms with Crippen molar-refractivity contribution in [3.63, 3.8) is 0 Å². The van der Waals surface area contributed by atoms with Gasteiger partial charge in [-0.15, -0.1) is 0 Å². The van der Waals surface area contributed by atoms with Gasteiger partial charge in [-0.1, -0.05) is 17.6 Å². The Labute approximate surface area is 119 Å². The summed E-state index contributed by atoms with van der Waals surface area (Å²) < 4.78 is 5.15. The number of hydrogen-bond donors (Lipinski definition) is 2. The molecule has 1 atom stereocenters. The second-order valence-corrected chi connectivity index (χ2v) is 5.81. The summed E-state index contributed by atoms with van der Waals surface area (Å²) in [4.78, 5) is 23.6. The van der Waals surface area contributed by atoms with Crippen molar-refractivity contribution in [1.29, 1.82) is 0 Å². The van der Waals surface area contributed by atoms with Gasteiger partial charge in [0.15, 0.2) is 0 Å². The summed E-state index contributed by atoms with van der Waals surface area (Å²) in [5.74, 6) is -0.256. The number of carbonyl (C=O) groups excluding carboxylic acids is 2. The predicted octanol–water partition coefficient (Wildman–Crippen LogP) is 0.868. The average molecular weight is 272 g/mol. The number of hydrogen-bond acceptors (Lipinski definition) is 3. The van der Waals surface area contributed by atoms with Gasteiger partial charge in [0.2, 0.25) is 5.91 Å². The predicted molar refractivity (Wildman–Crippen MR) is 77.3 cm³/mol.